The van der Waals surface area contributed by atoms with Gasteiger partial charge in [0.15, 0.2) is 0 Å². The summed E-state index contributed by atoms with van der Waals surface area (Å²) in [6.07, 6.45) is 3.48. The lowest BCUT2D eigenvalue weighted by molar-refractivity contribution is -0.147. The quantitative estimate of drug-likeness (QED) is 0.490. The number of piperazine rings is 1. The van der Waals surface area contributed by atoms with Crippen molar-refractivity contribution in [1.82, 2.24) is 10.2 Å². The van der Waals surface area contributed by atoms with E-state index in [0.29, 0.717) is 37.6 Å². The highest BCUT2D eigenvalue weighted by Gasteiger charge is 2.36. The minimum Gasteiger partial charge on any atom is -0.493 e. The summed E-state index contributed by atoms with van der Waals surface area (Å²) < 4.78 is 10.9. The molecule has 7 heteroatoms. The molecule has 1 N–H and O–H groups in total. The second-order valence-electron chi connectivity index (χ2n) is 6.78. The Kier molecular flexibility index (Phi) is 8.78. The van der Waals surface area contributed by atoms with Crippen molar-refractivity contribution in [3.8, 4) is 5.75 Å². The van der Waals surface area contributed by atoms with Gasteiger partial charge in [-0.2, -0.15) is 0 Å². The molecule has 1 aromatic rings. The number of carbonyl (C=O) groups is 3. The predicted molar refractivity (Wildman–Crippen MR) is 105 cm³/mol. The van der Waals surface area contributed by atoms with Crippen LogP contribution in [0.1, 0.15) is 56.3 Å². The van der Waals surface area contributed by atoms with Crippen molar-refractivity contribution >= 4 is 17.8 Å². The zero-order chi connectivity index (χ0) is 20.4. The maximum absolute atomic E-state index is 13.1. The molecule has 7 nitrogen and oxygen atoms in total. The number of hydrogen-bond donors (Lipinski definition) is 1. The van der Waals surface area contributed by atoms with E-state index >= 15 is 0 Å². The van der Waals surface area contributed by atoms with E-state index in [1.54, 1.807) is 24.3 Å². The van der Waals surface area contributed by atoms with Gasteiger partial charge in [0, 0.05) is 13.1 Å². The van der Waals surface area contributed by atoms with Crippen LogP contribution in [0.2, 0.25) is 0 Å². The Bertz CT molecular complexity index is 677. The monoisotopic (exact) mass is 390 g/mol. The first-order valence-electron chi connectivity index (χ1n) is 10.0. The summed E-state index contributed by atoms with van der Waals surface area (Å²) in [5, 5.41) is 2.73. The number of nitrogens with one attached hydrogen (secondary N) is 1. The molecule has 1 atom stereocenters. The molecule has 0 spiro atoms. The first-order valence-corrected chi connectivity index (χ1v) is 10.0. The van der Waals surface area contributed by atoms with E-state index in [4.69, 9.17) is 9.47 Å². The summed E-state index contributed by atoms with van der Waals surface area (Å²) in [5.74, 6) is -0.630. The molecule has 0 bridgehead atoms. The summed E-state index contributed by atoms with van der Waals surface area (Å²) in [6, 6.07) is 6.10. The SMILES string of the molecule is CCCCCOC(=O)CC1C(=O)NCCN1C(=O)c1ccccc1OCCC. The van der Waals surface area contributed by atoms with Crippen molar-refractivity contribution in [2.45, 2.75) is 52.0 Å². The maximum Gasteiger partial charge on any atom is 0.308 e. The Balaban J connectivity index is 2.10. The number of carbonyl (C=O) groups excluding carboxylic acids is 3. The normalized spacial score (nSPS) is 16.4. The fraction of sp³-hybridized carbons (Fsp3) is 0.571. The van der Waals surface area contributed by atoms with Crippen LogP contribution in [0.5, 0.6) is 5.75 Å². The minimum atomic E-state index is -0.876. The van der Waals surface area contributed by atoms with Gasteiger partial charge in [0.25, 0.3) is 5.91 Å². The van der Waals surface area contributed by atoms with Crippen molar-refractivity contribution in [3.63, 3.8) is 0 Å². The first kappa shape index (κ1) is 21.7. The van der Waals surface area contributed by atoms with E-state index in [2.05, 4.69) is 12.2 Å². The standard InChI is InChI=1S/C21H30N2O5/c1-3-5-8-14-28-19(24)15-17-20(25)22-11-12-23(17)21(26)16-9-6-7-10-18(16)27-13-4-2/h6-7,9-10,17H,3-5,8,11-15H2,1-2H3,(H,22,25). The molecule has 28 heavy (non-hydrogen) atoms. The molecule has 154 valence electrons. The number of ether oxygens (including phenoxy) is 2. The summed E-state index contributed by atoms with van der Waals surface area (Å²) in [5.41, 5.74) is 0.395. The fourth-order valence-electron chi connectivity index (χ4n) is 3.05. The average Bonchev–Trinajstić information content (AvgIpc) is 2.71. The highest BCUT2D eigenvalue weighted by atomic mass is 16.5. The Morgan fingerprint density at radius 3 is 2.68 bits per heavy atom. The third-order valence-corrected chi connectivity index (χ3v) is 4.54. The topological polar surface area (TPSA) is 84.9 Å². The van der Waals surface area contributed by atoms with Gasteiger partial charge in [0.05, 0.1) is 25.2 Å². The number of para-hydroxylation sites is 1. The third-order valence-electron chi connectivity index (χ3n) is 4.54. The molecule has 1 aromatic carbocycles. The second kappa shape index (κ2) is 11.3. The number of unbranched alkanes of at least 4 members (excludes halogenated alkanes) is 2. The highest BCUT2D eigenvalue weighted by Crippen LogP contribution is 2.23. The van der Waals surface area contributed by atoms with Crippen LogP contribution >= 0.6 is 0 Å². The minimum absolute atomic E-state index is 0.151. The van der Waals surface area contributed by atoms with E-state index in [1.807, 2.05) is 6.92 Å². The van der Waals surface area contributed by atoms with Crippen molar-refractivity contribution in [3.05, 3.63) is 29.8 Å². The fourth-order valence-corrected chi connectivity index (χ4v) is 3.05. The third kappa shape index (κ3) is 5.97. The van der Waals surface area contributed by atoms with Crippen LogP contribution < -0.4 is 10.1 Å². The Morgan fingerprint density at radius 2 is 1.93 bits per heavy atom. The zero-order valence-corrected chi connectivity index (χ0v) is 16.7. The molecule has 1 heterocycles. The van der Waals surface area contributed by atoms with Gasteiger partial charge in [-0.15, -0.1) is 0 Å². The summed E-state index contributed by atoms with van der Waals surface area (Å²) in [7, 11) is 0. The van der Waals surface area contributed by atoms with E-state index in [-0.39, 0.29) is 18.2 Å². The van der Waals surface area contributed by atoms with Gasteiger partial charge in [-0.05, 0) is 25.0 Å². The lowest BCUT2D eigenvalue weighted by Crippen LogP contribution is -2.57. The average molecular weight is 390 g/mol. The van der Waals surface area contributed by atoms with Crippen LogP contribution in [0.15, 0.2) is 24.3 Å². The molecular weight excluding hydrogens is 360 g/mol. The molecule has 0 aromatic heterocycles. The molecule has 2 amide bonds. The van der Waals surface area contributed by atoms with Crippen LogP contribution in [0, 0.1) is 0 Å². The maximum atomic E-state index is 13.1. The number of esters is 1. The van der Waals surface area contributed by atoms with Gasteiger partial charge in [0.1, 0.15) is 11.8 Å². The molecule has 1 aliphatic heterocycles. The van der Waals surface area contributed by atoms with Gasteiger partial charge in [-0.3, -0.25) is 14.4 Å². The van der Waals surface area contributed by atoms with E-state index in [1.165, 1.54) is 4.90 Å². The number of nitrogens with zero attached hydrogens (tertiary/aromatic N) is 1. The van der Waals surface area contributed by atoms with Gasteiger partial charge < -0.3 is 19.7 Å². The summed E-state index contributed by atoms with van der Waals surface area (Å²) in [6.45, 7) is 5.58. The number of hydrogen-bond acceptors (Lipinski definition) is 5. The van der Waals surface area contributed by atoms with Gasteiger partial charge >= 0.3 is 5.97 Å². The molecule has 0 saturated carbocycles. The molecule has 1 unspecified atom stereocenters. The Hall–Kier alpha value is -2.57. The van der Waals surface area contributed by atoms with Gasteiger partial charge in [-0.25, -0.2) is 0 Å². The van der Waals surface area contributed by atoms with E-state index in [9.17, 15) is 14.4 Å². The van der Waals surface area contributed by atoms with E-state index in [0.717, 1.165) is 25.7 Å². The molecule has 1 fully saturated rings. The molecule has 2 rings (SSSR count). The summed E-state index contributed by atoms with van der Waals surface area (Å²) in [4.78, 5) is 39.1. The molecule has 1 aliphatic rings. The first-order chi connectivity index (χ1) is 13.6. The van der Waals surface area contributed by atoms with Gasteiger partial charge in [-0.1, -0.05) is 38.8 Å². The smallest absolute Gasteiger partial charge is 0.308 e. The molecular formula is C21H30N2O5. The molecule has 1 saturated heterocycles. The van der Waals surface area contributed by atoms with Crippen molar-refractivity contribution in [1.29, 1.82) is 0 Å². The van der Waals surface area contributed by atoms with Crippen LogP contribution in [0.25, 0.3) is 0 Å². The largest absolute Gasteiger partial charge is 0.493 e. The number of rotatable bonds is 10. The Morgan fingerprint density at radius 1 is 1.14 bits per heavy atom. The Labute approximate surface area is 166 Å². The van der Waals surface area contributed by atoms with Crippen LogP contribution in [0.4, 0.5) is 0 Å². The number of benzene rings is 1. The lowest BCUT2D eigenvalue weighted by Gasteiger charge is -2.34. The van der Waals surface area contributed by atoms with Crippen molar-refractivity contribution < 1.29 is 23.9 Å². The van der Waals surface area contributed by atoms with Crippen LogP contribution in [-0.4, -0.2) is 55.0 Å². The van der Waals surface area contributed by atoms with Crippen LogP contribution in [0.3, 0.4) is 0 Å². The zero-order valence-electron chi connectivity index (χ0n) is 16.7. The predicted octanol–water partition coefficient (Wildman–Crippen LogP) is 2.54. The lowest BCUT2D eigenvalue weighted by atomic mass is 10.1. The second-order valence-corrected chi connectivity index (χ2v) is 6.78. The number of amides is 2. The van der Waals surface area contributed by atoms with E-state index < -0.39 is 12.0 Å². The van der Waals surface area contributed by atoms with Crippen molar-refractivity contribution in [2.24, 2.45) is 0 Å². The summed E-state index contributed by atoms with van der Waals surface area (Å²) >= 11 is 0. The highest BCUT2D eigenvalue weighted by molar-refractivity contribution is 6.01. The molecule has 0 aliphatic carbocycles. The van der Waals surface area contributed by atoms with Gasteiger partial charge in [0.2, 0.25) is 5.91 Å². The van der Waals surface area contributed by atoms with Crippen LogP contribution in [-0.2, 0) is 14.3 Å². The molecule has 0 radical (unpaired) electrons. The van der Waals surface area contributed by atoms with Crippen molar-refractivity contribution in [2.75, 3.05) is 26.3 Å².